The molecule has 148 valence electrons. The topological polar surface area (TPSA) is 69.6 Å². The van der Waals surface area contributed by atoms with Crippen molar-refractivity contribution >= 4 is 0 Å². The molecule has 1 aliphatic rings. The Labute approximate surface area is 169 Å². The van der Waals surface area contributed by atoms with Gasteiger partial charge in [0.05, 0.1) is 24.8 Å². The average molecular weight is 388 g/mol. The molecule has 1 atom stereocenters. The molecule has 8 heteroatoms. The van der Waals surface area contributed by atoms with E-state index in [9.17, 15) is 0 Å². The first-order valence-electron chi connectivity index (χ1n) is 9.87. The number of fused-ring (bicyclic) bond motifs is 1. The zero-order valence-electron chi connectivity index (χ0n) is 16.7. The SMILES string of the molecule is C[C@H]1CN(Cc2ccccc2Cn2cccn2)Cc2nnc(-c3cnn(C)c3)n21. The Morgan fingerprint density at radius 3 is 2.59 bits per heavy atom. The number of benzene rings is 1. The second-order valence-corrected chi connectivity index (χ2v) is 7.70. The molecule has 4 aromatic rings. The fourth-order valence-electron chi connectivity index (χ4n) is 4.14. The van der Waals surface area contributed by atoms with Crippen LogP contribution in [-0.4, -0.2) is 45.8 Å². The first kappa shape index (κ1) is 17.8. The van der Waals surface area contributed by atoms with Gasteiger partial charge in [-0.15, -0.1) is 10.2 Å². The Morgan fingerprint density at radius 1 is 1.03 bits per heavy atom. The molecule has 0 aliphatic carbocycles. The summed E-state index contributed by atoms with van der Waals surface area (Å²) < 4.78 is 6.02. The second kappa shape index (κ2) is 7.29. The molecule has 29 heavy (non-hydrogen) atoms. The normalized spacial score (nSPS) is 16.8. The predicted molar refractivity (Wildman–Crippen MR) is 109 cm³/mol. The fourth-order valence-corrected chi connectivity index (χ4v) is 4.14. The van der Waals surface area contributed by atoms with Gasteiger partial charge in [0.1, 0.15) is 5.82 Å². The van der Waals surface area contributed by atoms with Crippen LogP contribution in [0.25, 0.3) is 11.4 Å². The summed E-state index contributed by atoms with van der Waals surface area (Å²) in [4.78, 5) is 2.45. The van der Waals surface area contributed by atoms with E-state index in [0.29, 0.717) is 6.04 Å². The maximum Gasteiger partial charge on any atom is 0.167 e. The van der Waals surface area contributed by atoms with Crippen molar-refractivity contribution in [3.8, 4) is 11.4 Å². The molecule has 8 nitrogen and oxygen atoms in total. The Morgan fingerprint density at radius 2 is 1.86 bits per heavy atom. The third kappa shape index (κ3) is 3.47. The van der Waals surface area contributed by atoms with Crippen LogP contribution in [0.3, 0.4) is 0 Å². The van der Waals surface area contributed by atoms with E-state index in [1.165, 1.54) is 11.1 Å². The minimum Gasteiger partial charge on any atom is -0.306 e. The summed E-state index contributed by atoms with van der Waals surface area (Å²) in [6, 6.07) is 10.9. The summed E-state index contributed by atoms with van der Waals surface area (Å²) in [7, 11) is 1.92. The van der Waals surface area contributed by atoms with Gasteiger partial charge in [0, 0.05) is 44.8 Å². The summed E-state index contributed by atoms with van der Waals surface area (Å²) >= 11 is 0. The number of hydrogen-bond donors (Lipinski definition) is 0. The molecular formula is C21H24N8. The number of aromatic nitrogens is 7. The van der Waals surface area contributed by atoms with Gasteiger partial charge in [0.2, 0.25) is 0 Å². The van der Waals surface area contributed by atoms with Gasteiger partial charge in [-0.1, -0.05) is 24.3 Å². The Balaban J connectivity index is 1.37. The van der Waals surface area contributed by atoms with E-state index in [4.69, 9.17) is 0 Å². The Bertz CT molecular complexity index is 1110. The van der Waals surface area contributed by atoms with Gasteiger partial charge < -0.3 is 4.57 Å². The first-order valence-corrected chi connectivity index (χ1v) is 9.87. The number of rotatable bonds is 5. The van der Waals surface area contributed by atoms with Crippen molar-refractivity contribution < 1.29 is 0 Å². The predicted octanol–water partition coefficient (Wildman–Crippen LogP) is 2.50. The van der Waals surface area contributed by atoms with Crippen molar-refractivity contribution in [3.63, 3.8) is 0 Å². The van der Waals surface area contributed by atoms with Gasteiger partial charge in [0.15, 0.2) is 5.82 Å². The van der Waals surface area contributed by atoms with E-state index in [1.54, 1.807) is 4.68 Å². The summed E-state index contributed by atoms with van der Waals surface area (Å²) in [5.41, 5.74) is 3.64. The van der Waals surface area contributed by atoms with Crippen LogP contribution in [0.1, 0.15) is 29.9 Å². The third-order valence-electron chi connectivity index (χ3n) is 5.46. The zero-order chi connectivity index (χ0) is 19.8. The van der Waals surface area contributed by atoms with Gasteiger partial charge in [-0.3, -0.25) is 14.3 Å². The van der Waals surface area contributed by atoms with E-state index in [2.05, 4.69) is 61.1 Å². The molecule has 3 aromatic heterocycles. The molecule has 0 saturated carbocycles. The molecule has 1 aliphatic heterocycles. The molecule has 4 heterocycles. The Kier molecular flexibility index (Phi) is 4.48. The molecule has 0 unspecified atom stereocenters. The van der Waals surface area contributed by atoms with Gasteiger partial charge in [-0.2, -0.15) is 10.2 Å². The summed E-state index contributed by atoms with van der Waals surface area (Å²) in [5.74, 6) is 1.91. The molecule has 1 aromatic carbocycles. The highest BCUT2D eigenvalue weighted by atomic mass is 15.4. The minimum atomic E-state index is 0.294. The molecule has 0 saturated heterocycles. The Hall–Kier alpha value is -3.26. The lowest BCUT2D eigenvalue weighted by Gasteiger charge is -2.33. The van der Waals surface area contributed by atoms with Crippen LogP contribution in [0.4, 0.5) is 0 Å². The van der Waals surface area contributed by atoms with Crippen molar-refractivity contribution in [1.82, 2.24) is 39.2 Å². The molecule has 0 spiro atoms. The van der Waals surface area contributed by atoms with Gasteiger partial charge in [-0.25, -0.2) is 0 Å². The highest BCUT2D eigenvalue weighted by Gasteiger charge is 2.27. The van der Waals surface area contributed by atoms with Crippen molar-refractivity contribution in [2.45, 2.75) is 32.6 Å². The monoisotopic (exact) mass is 388 g/mol. The standard InChI is InChI=1S/C21H24N8/c1-16-11-27(13-17-6-3-4-7-18(17)14-28-9-5-8-22-28)15-20-24-25-21(29(16)20)19-10-23-26(2)12-19/h3-10,12,16H,11,13-15H2,1-2H3/t16-/m0/s1. The van der Waals surface area contributed by atoms with Gasteiger partial charge in [0.25, 0.3) is 0 Å². The van der Waals surface area contributed by atoms with E-state index in [1.807, 2.05) is 42.6 Å². The molecule has 0 amide bonds. The minimum absolute atomic E-state index is 0.294. The van der Waals surface area contributed by atoms with E-state index in [0.717, 1.165) is 43.4 Å². The van der Waals surface area contributed by atoms with Crippen LogP contribution in [0.15, 0.2) is 55.1 Å². The quantitative estimate of drug-likeness (QED) is 0.525. The molecule has 0 fully saturated rings. The van der Waals surface area contributed by atoms with Crippen LogP contribution in [0.5, 0.6) is 0 Å². The maximum atomic E-state index is 4.49. The smallest absolute Gasteiger partial charge is 0.167 e. The zero-order valence-corrected chi connectivity index (χ0v) is 16.7. The highest BCUT2D eigenvalue weighted by Crippen LogP contribution is 2.28. The fraction of sp³-hybridized carbons (Fsp3) is 0.333. The van der Waals surface area contributed by atoms with E-state index >= 15 is 0 Å². The second-order valence-electron chi connectivity index (χ2n) is 7.70. The molecule has 0 bridgehead atoms. The van der Waals surface area contributed by atoms with Crippen LogP contribution in [0.2, 0.25) is 0 Å². The van der Waals surface area contributed by atoms with Gasteiger partial charge in [-0.05, 0) is 24.1 Å². The lowest BCUT2D eigenvalue weighted by molar-refractivity contribution is 0.181. The van der Waals surface area contributed by atoms with Crippen molar-refractivity contribution in [2.24, 2.45) is 7.05 Å². The number of hydrogen-bond acceptors (Lipinski definition) is 5. The highest BCUT2D eigenvalue weighted by molar-refractivity contribution is 5.53. The third-order valence-corrected chi connectivity index (χ3v) is 5.46. The van der Waals surface area contributed by atoms with Crippen LogP contribution >= 0.6 is 0 Å². The average Bonchev–Trinajstić information content (AvgIpc) is 3.44. The van der Waals surface area contributed by atoms with Crippen molar-refractivity contribution in [3.05, 3.63) is 72.1 Å². The molecule has 0 radical (unpaired) electrons. The summed E-state index contributed by atoms with van der Waals surface area (Å²) in [5, 5.41) is 17.6. The lowest BCUT2D eigenvalue weighted by Crippen LogP contribution is -2.36. The molecule has 5 rings (SSSR count). The van der Waals surface area contributed by atoms with Crippen molar-refractivity contribution in [1.29, 1.82) is 0 Å². The first-order chi connectivity index (χ1) is 14.2. The summed E-state index contributed by atoms with van der Waals surface area (Å²) in [6.45, 7) is 5.64. The van der Waals surface area contributed by atoms with Gasteiger partial charge >= 0.3 is 0 Å². The number of nitrogens with zero attached hydrogens (tertiary/aromatic N) is 8. The number of aryl methyl sites for hydroxylation is 1. The van der Waals surface area contributed by atoms with Crippen molar-refractivity contribution in [2.75, 3.05) is 6.54 Å². The van der Waals surface area contributed by atoms with E-state index in [-0.39, 0.29) is 0 Å². The van der Waals surface area contributed by atoms with Crippen LogP contribution in [0, 0.1) is 0 Å². The van der Waals surface area contributed by atoms with E-state index < -0.39 is 0 Å². The van der Waals surface area contributed by atoms with Crippen LogP contribution in [-0.2, 0) is 26.7 Å². The maximum absolute atomic E-state index is 4.49. The summed E-state index contributed by atoms with van der Waals surface area (Å²) in [6.07, 6.45) is 7.66. The largest absolute Gasteiger partial charge is 0.306 e. The molecular weight excluding hydrogens is 364 g/mol. The lowest BCUT2D eigenvalue weighted by atomic mass is 10.1. The molecule has 0 N–H and O–H groups in total. The van der Waals surface area contributed by atoms with Crippen LogP contribution < -0.4 is 0 Å².